The third-order valence-electron chi connectivity index (χ3n) is 4.05. The van der Waals surface area contributed by atoms with Crippen molar-refractivity contribution in [2.24, 2.45) is 0 Å². The van der Waals surface area contributed by atoms with Crippen molar-refractivity contribution in [1.82, 2.24) is 0 Å². The lowest BCUT2D eigenvalue weighted by Gasteiger charge is -2.13. The summed E-state index contributed by atoms with van der Waals surface area (Å²) in [6.07, 6.45) is 7.62. The molecule has 25 heavy (non-hydrogen) atoms. The van der Waals surface area contributed by atoms with Crippen LogP contribution in [0.1, 0.15) is 52.4 Å². The predicted molar refractivity (Wildman–Crippen MR) is 112 cm³/mol. The van der Waals surface area contributed by atoms with E-state index in [0.717, 1.165) is 40.6 Å². The van der Waals surface area contributed by atoms with Gasteiger partial charge >= 0.3 is 0 Å². The van der Waals surface area contributed by atoms with E-state index in [0.29, 0.717) is 5.02 Å². The van der Waals surface area contributed by atoms with E-state index in [4.69, 9.17) is 21.1 Å². The zero-order chi connectivity index (χ0) is 18.1. The van der Waals surface area contributed by atoms with E-state index in [-0.39, 0.29) is 6.10 Å². The molecule has 0 aliphatic carbocycles. The fraction of sp³-hybridized carbons (Fsp3) is 0.524. The van der Waals surface area contributed by atoms with E-state index in [1.807, 2.05) is 44.2 Å². The second-order valence-corrected chi connectivity index (χ2v) is 7.76. The van der Waals surface area contributed by atoms with Crippen molar-refractivity contribution in [3.8, 4) is 11.5 Å². The second-order valence-electron chi connectivity index (χ2n) is 6.59. The predicted octanol–water partition coefficient (Wildman–Crippen LogP) is 7.39. The van der Waals surface area contributed by atoms with E-state index in [9.17, 15) is 0 Å². The van der Waals surface area contributed by atoms with Gasteiger partial charge in [0.2, 0.25) is 0 Å². The third kappa shape index (κ3) is 6.71. The van der Waals surface area contributed by atoms with E-state index >= 15 is 0 Å². The molecule has 4 heteroatoms. The standard InChI is InChI=1S/C21H28BrClO2/c1-16(2)25-18-10-11-19-17(15-18)9-12-20(21(19)23)24-14-8-6-4-3-5-7-13-22/h9-12,15-16H,3-8,13-14H2,1-2H3. The SMILES string of the molecule is CC(C)Oc1ccc2c(Cl)c(OCCCCCCCCBr)ccc2c1. The van der Waals surface area contributed by atoms with Crippen molar-refractivity contribution in [3.63, 3.8) is 0 Å². The fourth-order valence-electron chi connectivity index (χ4n) is 2.79. The number of hydrogen-bond donors (Lipinski definition) is 0. The van der Waals surface area contributed by atoms with Gasteiger partial charge < -0.3 is 9.47 Å². The summed E-state index contributed by atoms with van der Waals surface area (Å²) in [7, 11) is 0. The molecule has 0 saturated carbocycles. The molecule has 0 saturated heterocycles. The lowest BCUT2D eigenvalue weighted by Crippen LogP contribution is -2.05. The summed E-state index contributed by atoms with van der Waals surface area (Å²) < 4.78 is 11.6. The Morgan fingerprint density at radius 2 is 1.68 bits per heavy atom. The minimum Gasteiger partial charge on any atom is -0.492 e. The molecule has 0 N–H and O–H groups in total. The van der Waals surface area contributed by atoms with Crippen LogP contribution in [0.5, 0.6) is 11.5 Å². The number of unbranched alkanes of at least 4 members (excludes halogenated alkanes) is 5. The van der Waals surface area contributed by atoms with Crippen molar-refractivity contribution >= 4 is 38.3 Å². The minimum absolute atomic E-state index is 0.162. The van der Waals surface area contributed by atoms with Crippen LogP contribution >= 0.6 is 27.5 Å². The molecule has 2 rings (SSSR count). The lowest BCUT2D eigenvalue weighted by molar-refractivity contribution is 0.243. The average Bonchev–Trinajstić information content (AvgIpc) is 2.58. The zero-order valence-corrected chi connectivity index (χ0v) is 17.5. The number of benzene rings is 2. The quantitative estimate of drug-likeness (QED) is 0.275. The Bertz CT molecular complexity index is 658. The molecule has 0 heterocycles. The number of alkyl halides is 1. The minimum atomic E-state index is 0.162. The molecular formula is C21H28BrClO2. The first-order valence-electron chi connectivity index (χ1n) is 9.19. The number of rotatable bonds is 11. The van der Waals surface area contributed by atoms with Gasteiger partial charge in [0.1, 0.15) is 11.5 Å². The Labute approximate surface area is 165 Å². The van der Waals surface area contributed by atoms with Crippen LogP contribution in [0.15, 0.2) is 30.3 Å². The molecule has 0 bridgehead atoms. The summed E-state index contributed by atoms with van der Waals surface area (Å²) in [5.41, 5.74) is 0. The first-order chi connectivity index (χ1) is 12.1. The summed E-state index contributed by atoms with van der Waals surface area (Å²) >= 11 is 9.99. The smallest absolute Gasteiger partial charge is 0.138 e. The van der Waals surface area contributed by atoms with E-state index in [1.54, 1.807) is 0 Å². The van der Waals surface area contributed by atoms with Crippen LogP contribution in [0.3, 0.4) is 0 Å². The summed E-state index contributed by atoms with van der Waals surface area (Å²) in [5, 5.41) is 3.88. The van der Waals surface area contributed by atoms with Crippen molar-refractivity contribution < 1.29 is 9.47 Å². The van der Waals surface area contributed by atoms with Crippen LogP contribution in [-0.4, -0.2) is 18.0 Å². The van der Waals surface area contributed by atoms with Gasteiger partial charge in [0.15, 0.2) is 0 Å². The monoisotopic (exact) mass is 426 g/mol. The van der Waals surface area contributed by atoms with Gasteiger partial charge in [-0.3, -0.25) is 0 Å². The topological polar surface area (TPSA) is 18.5 Å². The first kappa shape index (κ1) is 20.4. The van der Waals surface area contributed by atoms with E-state index < -0.39 is 0 Å². The Morgan fingerprint density at radius 3 is 2.40 bits per heavy atom. The van der Waals surface area contributed by atoms with Gasteiger partial charge in [-0.2, -0.15) is 0 Å². The van der Waals surface area contributed by atoms with Gasteiger partial charge in [-0.15, -0.1) is 0 Å². The lowest BCUT2D eigenvalue weighted by atomic mass is 10.1. The van der Waals surface area contributed by atoms with Crippen molar-refractivity contribution in [3.05, 3.63) is 35.4 Å². The van der Waals surface area contributed by atoms with Crippen LogP contribution in [0.2, 0.25) is 5.02 Å². The molecule has 2 nitrogen and oxygen atoms in total. The summed E-state index contributed by atoms with van der Waals surface area (Å²) in [5.74, 6) is 1.64. The van der Waals surface area contributed by atoms with Crippen LogP contribution in [0.25, 0.3) is 10.8 Å². The molecule has 0 aromatic heterocycles. The Hall–Kier alpha value is -0.930. The maximum Gasteiger partial charge on any atom is 0.138 e. The van der Waals surface area contributed by atoms with Crippen molar-refractivity contribution in [2.75, 3.05) is 11.9 Å². The highest BCUT2D eigenvalue weighted by Crippen LogP contribution is 2.34. The maximum absolute atomic E-state index is 6.53. The van der Waals surface area contributed by atoms with Gasteiger partial charge in [0, 0.05) is 10.7 Å². The second kappa shape index (κ2) is 10.9. The molecule has 2 aromatic carbocycles. The molecule has 0 aliphatic rings. The first-order valence-corrected chi connectivity index (χ1v) is 10.7. The van der Waals surface area contributed by atoms with Gasteiger partial charge in [-0.25, -0.2) is 0 Å². The number of halogens is 2. The van der Waals surface area contributed by atoms with Crippen molar-refractivity contribution in [1.29, 1.82) is 0 Å². The van der Waals surface area contributed by atoms with Crippen LogP contribution in [0, 0.1) is 0 Å². The molecule has 0 atom stereocenters. The Kier molecular flexibility index (Phi) is 8.91. The molecule has 0 spiro atoms. The van der Waals surface area contributed by atoms with Gasteiger partial charge in [0.05, 0.1) is 17.7 Å². The third-order valence-corrected chi connectivity index (χ3v) is 5.00. The van der Waals surface area contributed by atoms with E-state index in [2.05, 4.69) is 15.9 Å². The van der Waals surface area contributed by atoms with Crippen LogP contribution in [0.4, 0.5) is 0 Å². The molecule has 0 amide bonds. The highest BCUT2D eigenvalue weighted by molar-refractivity contribution is 9.09. The van der Waals surface area contributed by atoms with E-state index in [1.165, 1.54) is 32.1 Å². The molecule has 138 valence electrons. The highest BCUT2D eigenvalue weighted by atomic mass is 79.9. The van der Waals surface area contributed by atoms with Gasteiger partial charge in [-0.1, -0.05) is 59.3 Å². The molecule has 0 fully saturated rings. The molecular weight excluding hydrogens is 400 g/mol. The summed E-state index contributed by atoms with van der Waals surface area (Å²) in [6.45, 7) is 4.77. The Balaban J connectivity index is 1.86. The van der Waals surface area contributed by atoms with Crippen LogP contribution in [-0.2, 0) is 0 Å². The normalized spacial score (nSPS) is 11.2. The molecule has 0 radical (unpaired) electrons. The maximum atomic E-state index is 6.53. The number of fused-ring (bicyclic) bond motifs is 1. The molecule has 2 aromatic rings. The van der Waals surface area contributed by atoms with Crippen LogP contribution < -0.4 is 9.47 Å². The van der Waals surface area contributed by atoms with Gasteiger partial charge in [-0.05, 0) is 56.3 Å². The summed E-state index contributed by atoms with van der Waals surface area (Å²) in [6, 6.07) is 10.00. The average molecular weight is 428 g/mol. The fourth-order valence-corrected chi connectivity index (χ4v) is 3.48. The zero-order valence-electron chi connectivity index (χ0n) is 15.2. The Morgan fingerprint density at radius 1 is 0.960 bits per heavy atom. The number of hydrogen-bond acceptors (Lipinski definition) is 2. The van der Waals surface area contributed by atoms with Crippen molar-refractivity contribution in [2.45, 2.75) is 58.5 Å². The summed E-state index contributed by atoms with van der Waals surface area (Å²) in [4.78, 5) is 0. The van der Waals surface area contributed by atoms with Gasteiger partial charge in [0.25, 0.3) is 0 Å². The number of ether oxygens (including phenoxy) is 2. The largest absolute Gasteiger partial charge is 0.492 e. The molecule has 0 unspecified atom stereocenters. The highest BCUT2D eigenvalue weighted by Gasteiger charge is 2.08. The molecule has 0 aliphatic heterocycles.